The van der Waals surface area contributed by atoms with E-state index in [1.54, 1.807) is 31.2 Å². The van der Waals surface area contributed by atoms with Gasteiger partial charge < -0.3 is 19.6 Å². The van der Waals surface area contributed by atoms with Gasteiger partial charge in [-0.05, 0) is 31.2 Å². The fraction of sp³-hybridized carbons (Fsp3) is 0.294. The van der Waals surface area contributed by atoms with Crippen LogP contribution in [-0.2, 0) is 10.3 Å². The van der Waals surface area contributed by atoms with E-state index in [0.717, 1.165) is 4.90 Å². The van der Waals surface area contributed by atoms with E-state index in [4.69, 9.17) is 9.15 Å². The first-order valence-corrected chi connectivity index (χ1v) is 7.55. The van der Waals surface area contributed by atoms with Crippen LogP contribution in [0, 0.1) is 0 Å². The molecule has 2 N–H and O–H groups in total. The number of β-amino-alcohol motifs (C(OH)–C–C–N with tert-alkyl or cyclic N) is 1. The summed E-state index contributed by atoms with van der Waals surface area (Å²) in [6.45, 7) is 1.38. The molecule has 1 aliphatic rings. The minimum Gasteiger partial charge on any atom is -0.491 e. The standard InChI is InChI=1S/C17H18N2O5/c1-17(14-8-5-9-23-14)15(21)19(16(22)18-17)10-12(20)11-24-13-6-3-2-4-7-13/h2-9,12,20H,10-11H2,1H3,(H,18,22)/t12-,17-/m1/s1. The molecule has 1 fully saturated rings. The van der Waals surface area contributed by atoms with Crippen LogP contribution in [-0.4, -0.2) is 41.2 Å². The molecule has 0 spiro atoms. The normalized spacial score (nSPS) is 21.7. The molecule has 1 saturated heterocycles. The largest absolute Gasteiger partial charge is 0.491 e. The second-order valence-electron chi connectivity index (χ2n) is 5.73. The maximum absolute atomic E-state index is 12.6. The Kier molecular flexibility index (Phi) is 4.26. The zero-order chi connectivity index (χ0) is 17.2. The third kappa shape index (κ3) is 2.98. The van der Waals surface area contributed by atoms with Gasteiger partial charge in [0.05, 0.1) is 12.8 Å². The van der Waals surface area contributed by atoms with Gasteiger partial charge in [-0.25, -0.2) is 4.79 Å². The average molecular weight is 330 g/mol. The lowest BCUT2D eigenvalue weighted by atomic mass is 9.99. The predicted molar refractivity (Wildman–Crippen MR) is 84.2 cm³/mol. The second kappa shape index (κ2) is 6.37. The number of amides is 3. The Morgan fingerprint density at radius 3 is 2.67 bits per heavy atom. The van der Waals surface area contributed by atoms with Gasteiger partial charge in [-0.15, -0.1) is 0 Å². The Bertz CT molecular complexity index is 716. The molecular weight excluding hydrogens is 312 g/mol. The molecule has 2 aromatic rings. The number of para-hydroxylation sites is 1. The van der Waals surface area contributed by atoms with E-state index in [9.17, 15) is 14.7 Å². The van der Waals surface area contributed by atoms with Crippen molar-refractivity contribution in [2.45, 2.75) is 18.6 Å². The number of nitrogens with one attached hydrogen (secondary N) is 1. The lowest BCUT2D eigenvalue weighted by molar-refractivity contribution is -0.132. The summed E-state index contributed by atoms with van der Waals surface area (Å²) in [7, 11) is 0. The first-order valence-electron chi connectivity index (χ1n) is 7.55. The van der Waals surface area contributed by atoms with Gasteiger partial charge in [0.2, 0.25) is 0 Å². The Morgan fingerprint density at radius 2 is 2.00 bits per heavy atom. The molecule has 2 heterocycles. The first kappa shape index (κ1) is 16.1. The molecule has 0 bridgehead atoms. The van der Waals surface area contributed by atoms with Crippen LogP contribution in [0.15, 0.2) is 53.1 Å². The minimum atomic E-state index is -1.26. The zero-order valence-electron chi connectivity index (χ0n) is 13.1. The van der Waals surface area contributed by atoms with Gasteiger partial charge in [-0.2, -0.15) is 0 Å². The molecule has 126 valence electrons. The summed E-state index contributed by atoms with van der Waals surface area (Å²) in [6.07, 6.45) is 0.435. The molecular formula is C17H18N2O5. The molecule has 24 heavy (non-hydrogen) atoms. The third-order valence-corrected chi connectivity index (χ3v) is 3.87. The van der Waals surface area contributed by atoms with Gasteiger partial charge in [0.25, 0.3) is 5.91 Å². The van der Waals surface area contributed by atoms with Crippen LogP contribution in [0.2, 0.25) is 0 Å². The van der Waals surface area contributed by atoms with E-state index in [2.05, 4.69) is 5.32 Å². The smallest absolute Gasteiger partial charge is 0.325 e. The van der Waals surface area contributed by atoms with E-state index in [1.165, 1.54) is 6.26 Å². The number of hydrogen-bond donors (Lipinski definition) is 2. The fourth-order valence-corrected chi connectivity index (χ4v) is 2.57. The quantitative estimate of drug-likeness (QED) is 0.783. The summed E-state index contributed by atoms with van der Waals surface area (Å²) in [5.41, 5.74) is -1.26. The van der Waals surface area contributed by atoms with Crippen LogP contribution in [0.1, 0.15) is 12.7 Å². The molecule has 0 aliphatic carbocycles. The lowest BCUT2D eigenvalue weighted by Crippen LogP contribution is -2.42. The van der Waals surface area contributed by atoms with Crippen LogP contribution in [0.4, 0.5) is 4.79 Å². The monoisotopic (exact) mass is 330 g/mol. The molecule has 1 aliphatic heterocycles. The highest BCUT2D eigenvalue weighted by atomic mass is 16.5. The molecule has 1 aromatic heterocycles. The number of benzene rings is 1. The fourth-order valence-electron chi connectivity index (χ4n) is 2.57. The minimum absolute atomic E-state index is 0.0292. The summed E-state index contributed by atoms with van der Waals surface area (Å²) in [6, 6.07) is 11.7. The molecule has 3 rings (SSSR count). The van der Waals surface area contributed by atoms with E-state index in [1.807, 2.05) is 18.2 Å². The average Bonchev–Trinajstić information content (AvgIpc) is 3.19. The van der Waals surface area contributed by atoms with Gasteiger partial charge in [0.1, 0.15) is 24.2 Å². The summed E-state index contributed by atoms with van der Waals surface area (Å²) in [5, 5.41) is 12.7. The van der Waals surface area contributed by atoms with E-state index < -0.39 is 23.6 Å². The summed E-state index contributed by atoms with van der Waals surface area (Å²) in [4.78, 5) is 25.7. The predicted octanol–water partition coefficient (Wildman–Crippen LogP) is 1.49. The number of ether oxygens (including phenoxy) is 1. The molecule has 0 unspecified atom stereocenters. The van der Waals surface area contributed by atoms with E-state index >= 15 is 0 Å². The molecule has 1 aromatic carbocycles. The van der Waals surface area contributed by atoms with Crippen LogP contribution >= 0.6 is 0 Å². The number of carbonyl (C=O) groups excluding carboxylic acids is 2. The lowest BCUT2D eigenvalue weighted by Gasteiger charge is -2.20. The highest BCUT2D eigenvalue weighted by molar-refractivity contribution is 6.06. The van der Waals surface area contributed by atoms with Crippen molar-refractivity contribution in [2.75, 3.05) is 13.2 Å². The number of imide groups is 1. The molecule has 0 saturated carbocycles. The van der Waals surface area contributed by atoms with Crippen LogP contribution in [0.5, 0.6) is 5.75 Å². The number of rotatable bonds is 6. The summed E-state index contributed by atoms with van der Waals surface area (Å²) < 4.78 is 10.7. The van der Waals surface area contributed by atoms with E-state index in [-0.39, 0.29) is 13.2 Å². The summed E-state index contributed by atoms with van der Waals surface area (Å²) in [5.74, 6) is 0.480. The van der Waals surface area contributed by atoms with Gasteiger partial charge in [0.15, 0.2) is 5.54 Å². The molecule has 0 radical (unpaired) electrons. The number of aliphatic hydroxyl groups excluding tert-OH is 1. The second-order valence-corrected chi connectivity index (χ2v) is 5.73. The number of aliphatic hydroxyl groups is 1. The van der Waals surface area contributed by atoms with Crippen molar-refractivity contribution >= 4 is 11.9 Å². The maximum atomic E-state index is 12.6. The highest BCUT2D eigenvalue weighted by Crippen LogP contribution is 2.29. The Balaban J connectivity index is 1.62. The Labute approximate surface area is 138 Å². The van der Waals surface area contributed by atoms with E-state index in [0.29, 0.717) is 11.5 Å². The molecule has 2 atom stereocenters. The Hall–Kier alpha value is -2.80. The van der Waals surface area contributed by atoms with Crippen molar-refractivity contribution in [3.63, 3.8) is 0 Å². The van der Waals surface area contributed by atoms with Gasteiger partial charge in [-0.3, -0.25) is 9.69 Å². The van der Waals surface area contributed by atoms with Crippen molar-refractivity contribution in [1.29, 1.82) is 0 Å². The number of hydrogen-bond acceptors (Lipinski definition) is 5. The van der Waals surface area contributed by atoms with Crippen LogP contribution in [0.25, 0.3) is 0 Å². The first-order chi connectivity index (χ1) is 11.5. The Morgan fingerprint density at radius 1 is 1.25 bits per heavy atom. The summed E-state index contributed by atoms with van der Waals surface area (Å²) >= 11 is 0. The number of nitrogens with zero attached hydrogens (tertiary/aromatic N) is 1. The third-order valence-electron chi connectivity index (χ3n) is 3.87. The van der Waals surface area contributed by atoms with Gasteiger partial charge in [-0.1, -0.05) is 18.2 Å². The van der Waals surface area contributed by atoms with Crippen molar-refractivity contribution in [1.82, 2.24) is 10.2 Å². The van der Waals surface area contributed by atoms with Crippen LogP contribution in [0.3, 0.4) is 0 Å². The van der Waals surface area contributed by atoms with Crippen molar-refractivity contribution in [3.05, 3.63) is 54.5 Å². The number of urea groups is 1. The maximum Gasteiger partial charge on any atom is 0.325 e. The molecule has 7 nitrogen and oxygen atoms in total. The van der Waals surface area contributed by atoms with Gasteiger partial charge >= 0.3 is 6.03 Å². The topological polar surface area (TPSA) is 92.0 Å². The SMILES string of the molecule is C[C@]1(c2ccco2)NC(=O)N(C[C@@H](O)COc2ccccc2)C1=O. The van der Waals surface area contributed by atoms with Crippen LogP contribution < -0.4 is 10.1 Å². The van der Waals surface area contributed by atoms with Crippen molar-refractivity contribution < 1.29 is 23.8 Å². The molecule has 7 heteroatoms. The zero-order valence-corrected chi connectivity index (χ0v) is 13.1. The van der Waals surface area contributed by atoms with Gasteiger partial charge in [0, 0.05) is 0 Å². The van der Waals surface area contributed by atoms with Crippen molar-refractivity contribution in [2.24, 2.45) is 0 Å². The molecule has 3 amide bonds. The number of furan rings is 1. The van der Waals surface area contributed by atoms with Crippen molar-refractivity contribution in [3.8, 4) is 5.75 Å². The number of carbonyl (C=O) groups is 2. The highest BCUT2D eigenvalue weighted by Gasteiger charge is 2.51.